The van der Waals surface area contributed by atoms with Crippen LogP contribution in [0, 0.1) is 0 Å². The Kier molecular flexibility index (Phi) is 3.53. The van der Waals surface area contributed by atoms with Crippen molar-refractivity contribution in [3.63, 3.8) is 0 Å². The molecule has 1 unspecified atom stereocenters. The number of carbonyl (C=O) groups excluding carboxylic acids is 1. The first-order chi connectivity index (χ1) is 9.25. The molecule has 19 heavy (non-hydrogen) atoms. The van der Waals surface area contributed by atoms with Gasteiger partial charge in [-0.05, 0) is 30.4 Å². The van der Waals surface area contributed by atoms with Crippen molar-refractivity contribution in [2.24, 2.45) is 0 Å². The quantitative estimate of drug-likeness (QED) is 0.844. The Labute approximate surface area is 112 Å². The highest BCUT2D eigenvalue weighted by molar-refractivity contribution is 5.81. The number of aliphatic hydroxyl groups is 1. The summed E-state index contributed by atoms with van der Waals surface area (Å²) in [5.74, 6) is -0.0968. The van der Waals surface area contributed by atoms with Crippen LogP contribution in [0.4, 0.5) is 0 Å². The summed E-state index contributed by atoms with van der Waals surface area (Å²) in [6.07, 6.45) is 2.54. The molecule has 0 saturated carbocycles. The number of rotatable bonds is 2. The van der Waals surface area contributed by atoms with Crippen molar-refractivity contribution >= 4 is 5.91 Å². The van der Waals surface area contributed by atoms with E-state index >= 15 is 0 Å². The summed E-state index contributed by atoms with van der Waals surface area (Å²) >= 11 is 0. The van der Waals surface area contributed by atoms with Crippen molar-refractivity contribution in [1.29, 1.82) is 0 Å². The lowest BCUT2D eigenvalue weighted by atomic mass is 10.1. The van der Waals surface area contributed by atoms with Crippen LogP contribution in [0.5, 0.6) is 0 Å². The zero-order chi connectivity index (χ0) is 13.2. The number of hydrogen-bond donors (Lipinski definition) is 2. The molecule has 4 heteroatoms. The third kappa shape index (κ3) is 2.51. The van der Waals surface area contributed by atoms with E-state index in [-0.39, 0.29) is 18.1 Å². The lowest BCUT2D eigenvalue weighted by Crippen LogP contribution is -2.42. The molecule has 3 rings (SSSR count). The van der Waals surface area contributed by atoms with Gasteiger partial charge in [0.25, 0.3) is 0 Å². The fraction of sp³-hybridized carbons (Fsp3) is 0.533. The Morgan fingerprint density at radius 3 is 2.95 bits per heavy atom. The van der Waals surface area contributed by atoms with Crippen LogP contribution in [0.25, 0.3) is 0 Å². The molecule has 1 amide bonds. The van der Waals surface area contributed by atoms with E-state index < -0.39 is 6.10 Å². The molecule has 3 atom stereocenters. The summed E-state index contributed by atoms with van der Waals surface area (Å²) in [6.45, 7) is 0.655. The van der Waals surface area contributed by atoms with Crippen molar-refractivity contribution < 1.29 is 14.6 Å². The molecule has 0 bridgehead atoms. The summed E-state index contributed by atoms with van der Waals surface area (Å²) in [7, 11) is 0. The Bertz CT molecular complexity index is 468. The van der Waals surface area contributed by atoms with Gasteiger partial charge >= 0.3 is 0 Å². The Morgan fingerprint density at radius 2 is 2.16 bits per heavy atom. The average Bonchev–Trinajstić information content (AvgIpc) is 2.76. The molecule has 0 spiro atoms. The SMILES string of the molecule is O=C(N[C@@H]1c2ccccc2C[C@@H]1O)C1CCCCO1. The highest BCUT2D eigenvalue weighted by Crippen LogP contribution is 2.31. The second-order valence-corrected chi connectivity index (χ2v) is 5.31. The fourth-order valence-corrected chi connectivity index (χ4v) is 2.94. The lowest BCUT2D eigenvalue weighted by molar-refractivity contribution is -0.137. The predicted octanol–water partition coefficient (Wildman–Crippen LogP) is 1.33. The first kappa shape index (κ1) is 12.6. The third-order valence-corrected chi connectivity index (χ3v) is 3.97. The molecular weight excluding hydrogens is 242 g/mol. The van der Waals surface area contributed by atoms with Gasteiger partial charge in [0.2, 0.25) is 5.91 Å². The second kappa shape index (κ2) is 5.31. The molecular formula is C15H19NO3. The van der Waals surface area contributed by atoms with Gasteiger partial charge in [0, 0.05) is 13.0 Å². The zero-order valence-corrected chi connectivity index (χ0v) is 10.8. The van der Waals surface area contributed by atoms with Gasteiger partial charge in [-0.15, -0.1) is 0 Å². The lowest BCUT2D eigenvalue weighted by Gasteiger charge is -2.25. The number of ether oxygens (including phenoxy) is 1. The fourth-order valence-electron chi connectivity index (χ4n) is 2.94. The van der Waals surface area contributed by atoms with Gasteiger partial charge in [0.1, 0.15) is 6.10 Å². The van der Waals surface area contributed by atoms with Crippen molar-refractivity contribution in [1.82, 2.24) is 5.32 Å². The van der Waals surface area contributed by atoms with Gasteiger partial charge in [0.15, 0.2) is 0 Å². The Morgan fingerprint density at radius 1 is 1.32 bits per heavy atom. The van der Waals surface area contributed by atoms with Crippen LogP contribution in [-0.2, 0) is 16.0 Å². The van der Waals surface area contributed by atoms with E-state index in [1.807, 2.05) is 24.3 Å². The molecule has 2 N–H and O–H groups in total. The van der Waals surface area contributed by atoms with Gasteiger partial charge in [0.05, 0.1) is 12.1 Å². The number of nitrogens with one attached hydrogen (secondary N) is 1. The van der Waals surface area contributed by atoms with E-state index in [1.54, 1.807) is 0 Å². The molecule has 1 saturated heterocycles. The maximum Gasteiger partial charge on any atom is 0.249 e. The summed E-state index contributed by atoms with van der Waals surface area (Å²) in [5.41, 5.74) is 2.14. The van der Waals surface area contributed by atoms with Crippen LogP contribution in [0.15, 0.2) is 24.3 Å². The number of benzene rings is 1. The van der Waals surface area contributed by atoms with E-state index in [4.69, 9.17) is 4.74 Å². The monoisotopic (exact) mass is 261 g/mol. The van der Waals surface area contributed by atoms with Crippen molar-refractivity contribution in [2.45, 2.75) is 43.9 Å². The number of hydrogen-bond acceptors (Lipinski definition) is 3. The van der Waals surface area contributed by atoms with Gasteiger partial charge in [-0.3, -0.25) is 4.79 Å². The number of carbonyl (C=O) groups is 1. The Hall–Kier alpha value is -1.39. The second-order valence-electron chi connectivity index (χ2n) is 5.31. The predicted molar refractivity (Wildman–Crippen MR) is 70.6 cm³/mol. The number of amides is 1. The largest absolute Gasteiger partial charge is 0.390 e. The maximum absolute atomic E-state index is 12.2. The standard InChI is InChI=1S/C15H19NO3/c17-12-9-10-5-1-2-6-11(10)14(12)16-15(18)13-7-3-4-8-19-13/h1-2,5-6,12-14,17H,3-4,7-9H2,(H,16,18)/t12-,13?,14+/m0/s1. The van der Waals surface area contributed by atoms with Crippen LogP contribution < -0.4 is 5.32 Å². The van der Waals surface area contributed by atoms with Gasteiger partial charge in [-0.2, -0.15) is 0 Å². The van der Waals surface area contributed by atoms with E-state index in [2.05, 4.69) is 5.32 Å². The van der Waals surface area contributed by atoms with E-state index in [1.165, 1.54) is 0 Å². The third-order valence-electron chi connectivity index (χ3n) is 3.97. The van der Waals surface area contributed by atoms with Crippen LogP contribution in [0.2, 0.25) is 0 Å². The summed E-state index contributed by atoms with van der Waals surface area (Å²) in [5, 5.41) is 13.0. The number of fused-ring (bicyclic) bond motifs is 1. The summed E-state index contributed by atoms with van der Waals surface area (Å²) < 4.78 is 5.48. The van der Waals surface area contributed by atoms with Gasteiger partial charge in [-0.25, -0.2) is 0 Å². The molecule has 1 aromatic carbocycles. The maximum atomic E-state index is 12.2. The smallest absolute Gasteiger partial charge is 0.249 e. The minimum absolute atomic E-state index is 0.0968. The zero-order valence-electron chi connectivity index (χ0n) is 10.8. The van der Waals surface area contributed by atoms with E-state index in [0.717, 1.165) is 30.4 Å². The molecule has 1 aliphatic carbocycles. The van der Waals surface area contributed by atoms with Crippen LogP contribution in [-0.4, -0.2) is 29.8 Å². The summed E-state index contributed by atoms with van der Waals surface area (Å²) in [6, 6.07) is 7.57. The first-order valence-corrected chi connectivity index (χ1v) is 6.93. The van der Waals surface area contributed by atoms with Crippen molar-refractivity contribution in [2.75, 3.05) is 6.61 Å². The Balaban J connectivity index is 1.71. The van der Waals surface area contributed by atoms with Crippen molar-refractivity contribution in [3.8, 4) is 0 Å². The van der Waals surface area contributed by atoms with E-state index in [0.29, 0.717) is 13.0 Å². The number of aliphatic hydroxyl groups excluding tert-OH is 1. The minimum Gasteiger partial charge on any atom is -0.390 e. The summed E-state index contributed by atoms with van der Waals surface area (Å²) in [4.78, 5) is 12.2. The molecule has 1 aliphatic heterocycles. The molecule has 4 nitrogen and oxygen atoms in total. The highest BCUT2D eigenvalue weighted by atomic mass is 16.5. The van der Waals surface area contributed by atoms with Crippen molar-refractivity contribution in [3.05, 3.63) is 35.4 Å². The van der Waals surface area contributed by atoms with Crippen LogP contribution >= 0.6 is 0 Å². The van der Waals surface area contributed by atoms with E-state index in [9.17, 15) is 9.90 Å². The normalized spacial score (nSPS) is 29.8. The van der Waals surface area contributed by atoms with Crippen LogP contribution in [0.1, 0.15) is 36.4 Å². The minimum atomic E-state index is -0.537. The molecule has 1 heterocycles. The molecule has 0 radical (unpaired) electrons. The molecule has 0 aromatic heterocycles. The molecule has 2 aliphatic rings. The topological polar surface area (TPSA) is 58.6 Å². The molecule has 1 fully saturated rings. The van der Waals surface area contributed by atoms with Gasteiger partial charge < -0.3 is 15.2 Å². The average molecular weight is 261 g/mol. The first-order valence-electron chi connectivity index (χ1n) is 6.93. The molecule has 102 valence electrons. The van der Waals surface area contributed by atoms with Gasteiger partial charge in [-0.1, -0.05) is 24.3 Å². The highest BCUT2D eigenvalue weighted by Gasteiger charge is 2.34. The molecule has 1 aromatic rings. The van der Waals surface area contributed by atoms with Crippen LogP contribution in [0.3, 0.4) is 0 Å².